The van der Waals surface area contributed by atoms with Gasteiger partial charge in [0.05, 0.1) is 0 Å². The summed E-state index contributed by atoms with van der Waals surface area (Å²) in [4.78, 5) is 0. The van der Waals surface area contributed by atoms with Gasteiger partial charge in [-0.25, -0.2) is 0 Å². The Kier molecular flexibility index (Phi) is 15.7. The monoisotopic (exact) mass is 486 g/mol. The van der Waals surface area contributed by atoms with Gasteiger partial charge in [-0.1, -0.05) is 99.2 Å². The molecule has 0 heterocycles. The van der Waals surface area contributed by atoms with Crippen molar-refractivity contribution in [3.05, 3.63) is 106 Å². The zero-order valence-electron chi connectivity index (χ0n) is 18.9. The van der Waals surface area contributed by atoms with Crippen LogP contribution in [-0.4, -0.2) is 0 Å². The summed E-state index contributed by atoms with van der Waals surface area (Å²) in [6.45, 7) is 13.1. The average molecular weight is 487 g/mol. The van der Waals surface area contributed by atoms with E-state index in [0.717, 1.165) is 0 Å². The normalized spacial score (nSPS) is 9.17. The molecule has 0 fully saturated rings. The van der Waals surface area contributed by atoms with Gasteiger partial charge in [-0.3, -0.25) is 0 Å². The van der Waals surface area contributed by atoms with Crippen LogP contribution in [0.2, 0.25) is 0 Å². The molecule has 198 valence electrons. The fourth-order valence-electron chi connectivity index (χ4n) is 3.89. The summed E-state index contributed by atoms with van der Waals surface area (Å²) in [6, 6.07) is 27.3. The predicted molar refractivity (Wildman–Crippen MR) is 172 cm³/mol. The highest BCUT2D eigenvalue weighted by atomic mass is 14.1. The second kappa shape index (κ2) is 15.1. The lowest BCUT2D eigenvalue weighted by Gasteiger charge is -2.14. The Morgan fingerprint density at radius 3 is 0.667 bits per heavy atom. The summed E-state index contributed by atoms with van der Waals surface area (Å²) in [5.74, 6) is 0. The third kappa shape index (κ3) is 7.69. The number of hydrogen-bond acceptors (Lipinski definition) is 0. The lowest BCUT2D eigenvalue weighted by atomic mass is 9.91. The van der Waals surface area contributed by atoms with Crippen molar-refractivity contribution >= 4 is 0 Å². The minimum absolute atomic E-state index is 0. The molecular formula is C36H54. The summed E-state index contributed by atoms with van der Waals surface area (Å²) in [6.07, 6.45) is 0. The average Bonchev–Trinajstić information content (AvgIpc) is 2.73. The third-order valence-corrected chi connectivity index (χ3v) is 6.45. The van der Waals surface area contributed by atoms with Gasteiger partial charge in [-0.2, -0.15) is 0 Å². The van der Waals surface area contributed by atoms with Crippen LogP contribution in [0.4, 0.5) is 0 Å². The van der Waals surface area contributed by atoms with Crippen LogP contribution >= 0.6 is 0 Å². The third-order valence-electron chi connectivity index (χ3n) is 6.45. The fraction of sp³-hybridized carbons (Fsp3) is 0.333. The number of hydrogen-bond donors (Lipinski definition) is 0. The van der Waals surface area contributed by atoms with Gasteiger partial charge in [0.25, 0.3) is 0 Å². The zero-order chi connectivity index (χ0) is 21.4. The Bertz CT molecular complexity index is 1070. The highest BCUT2D eigenvalue weighted by molar-refractivity contribution is 5.82. The van der Waals surface area contributed by atoms with E-state index in [1.54, 1.807) is 0 Å². The van der Waals surface area contributed by atoms with Crippen LogP contribution in [0.1, 0.15) is 77.9 Å². The minimum Gasteiger partial charge on any atom is -0.0776 e. The van der Waals surface area contributed by atoms with Crippen molar-refractivity contribution < 1.29 is 0 Å². The standard InChI is InChI=1S/C30H30.6CH4/c1-19-7-10-25(13-22(19)4)28-16-29(26-11-8-20(2)23(5)14-26)18-30(17-28)27-12-9-21(3)24(6)15-27;;;;;;/h7-18H,1-6H3;6*1H4. The maximum Gasteiger partial charge on any atom is -0.0172 e. The summed E-state index contributed by atoms with van der Waals surface area (Å²) < 4.78 is 0. The Morgan fingerprint density at radius 1 is 0.250 bits per heavy atom. The molecule has 0 heteroatoms. The predicted octanol–water partition coefficient (Wildman–Crippen LogP) is 12.4. The van der Waals surface area contributed by atoms with Crippen LogP contribution in [0.5, 0.6) is 0 Å². The van der Waals surface area contributed by atoms with E-state index in [9.17, 15) is 0 Å². The number of aryl methyl sites for hydroxylation is 6. The molecule has 0 aromatic heterocycles. The first-order valence-corrected chi connectivity index (χ1v) is 10.7. The second-order valence-corrected chi connectivity index (χ2v) is 8.70. The summed E-state index contributed by atoms with van der Waals surface area (Å²) in [5, 5.41) is 0. The minimum atomic E-state index is 0. The van der Waals surface area contributed by atoms with Crippen molar-refractivity contribution in [3.63, 3.8) is 0 Å². The molecule has 0 atom stereocenters. The molecule has 0 N–H and O–H groups in total. The molecule has 36 heavy (non-hydrogen) atoms. The van der Waals surface area contributed by atoms with Crippen LogP contribution in [-0.2, 0) is 0 Å². The van der Waals surface area contributed by atoms with Crippen LogP contribution in [0.15, 0.2) is 72.8 Å². The SMILES string of the molecule is C.C.C.C.C.C.Cc1ccc(-c2cc(-c3ccc(C)c(C)c3)cc(-c3ccc(C)c(C)c3)c2)cc1C. The van der Waals surface area contributed by atoms with Crippen LogP contribution in [0, 0.1) is 41.5 Å². The molecule has 4 aromatic rings. The van der Waals surface area contributed by atoms with Crippen molar-refractivity contribution in [3.8, 4) is 33.4 Å². The quantitative estimate of drug-likeness (QED) is 0.270. The van der Waals surface area contributed by atoms with E-state index in [-0.39, 0.29) is 44.6 Å². The van der Waals surface area contributed by atoms with E-state index in [4.69, 9.17) is 0 Å². The van der Waals surface area contributed by atoms with E-state index in [0.29, 0.717) is 0 Å². The second-order valence-electron chi connectivity index (χ2n) is 8.70. The fourth-order valence-corrected chi connectivity index (χ4v) is 3.89. The Labute approximate surface area is 225 Å². The largest absolute Gasteiger partial charge is 0.0776 e. The van der Waals surface area contributed by atoms with Gasteiger partial charge in [0.15, 0.2) is 0 Å². The highest BCUT2D eigenvalue weighted by Crippen LogP contribution is 2.34. The van der Waals surface area contributed by atoms with Crippen LogP contribution in [0.25, 0.3) is 33.4 Å². The van der Waals surface area contributed by atoms with Gasteiger partial charge in [0.1, 0.15) is 0 Å². The molecule has 4 rings (SSSR count). The molecule has 0 radical (unpaired) electrons. The smallest absolute Gasteiger partial charge is 0.0172 e. The Hall–Kier alpha value is -3.12. The molecule has 0 nitrogen and oxygen atoms in total. The van der Waals surface area contributed by atoms with Gasteiger partial charge in [0, 0.05) is 0 Å². The number of benzene rings is 4. The van der Waals surface area contributed by atoms with Crippen molar-refractivity contribution in [1.29, 1.82) is 0 Å². The van der Waals surface area contributed by atoms with E-state index < -0.39 is 0 Å². The van der Waals surface area contributed by atoms with Crippen molar-refractivity contribution in [1.82, 2.24) is 0 Å². The lowest BCUT2D eigenvalue weighted by Crippen LogP contribution is -1.90. The van der Waals surface area contributed by atoms with E-state index in [2.05, 4.69) is 114 Å². The maximum absolute atomic E-state index is 2.33. The van der Waals surface area contributed by atoms with Gasteiger partial charge in [-0.15, -0.1) is 0 Å². The van der Waals surface area contributed by atoms with Gasteiger partial charge >= 0.3 is 0 Å². The molecule has 0 spiro atoms. The van der Waals surface area contributed by atoms with Gasteiger partial charge < -0.3 is 0 Å². The van der Waals surface area contributed by atoms with Crippen LogP contribution in [0.3, 0.4) is 0 Å². The summed E-state index contributed by atoms with van der Waals surface area (Å²) in [5.41, 5.74) is 15.6. The molecule has 0 unspecified atom stereocenters. The van der Waals surface area contributed by atoms with E-state index in [1.165, 1.54) is 66.8 Å². The molecule has 0 bridgehead atoms. The van der Waals surface area contributed by atoms with Crippen molar-refractivity contribution in [2.24, 2.45) is 0 Å². The van der Waals surface area contributed by atoms with Crippen molar-refractivity contribution in [2.75, 3.05) is 0 Å². The van der Waals surface area contributed by atoms with E-state index in [1.807, 2.05) is 0 Å². The molecule has 4 aromatic carbocycles. The number of rotatable bonds is 3. The first-order valence-electron chi connectivity index (χ1n) is 10.7. The molecule has 0 aliphatic heterocycles. The summed E-state index contributed by atoms with van der Waals surface area (Å²) in [7, 11) is 0. The van der Waals surface area contributed by atoms with Crippen LogP contribution < -0.4 is 0 Å². The lowest BCUT2D eigenvalue weighted by molar-refractivity contribution is 1.33. The molecule has 0 saturated carbocycles. The summed E-state index contributed by atoms with van der Waals surface area (Å²) >= 11 is 0. The van der Waals surface area contributed by atoms with Gasteiger partial charge in [0.2, 0.25) is 0 Å². The van der Waals surface area contributed by atoms with Crippen molar-refractivity contribution in [2.45, 2.75) is 86.1 Å². The van der Waals surface area contributed by atoms with E-state index >= 15 is 0 Å². The van der Waals surface area contributed by atoms with Gasteiger partial charge in [-0.05, 0) is 127 Å². The molecular weight excluding hydrogens is 432 g/mol. The zero-order valence-corrected chi connectivity index (χ0v) is 18.9. The highest BCUT2D eigenvalue weighted by Gasteiger charge is 2.09. The first-order chi connectivity index (χ1) is 14.3. The molecule has 0 saturated heterocycles. The molecule has 0 aliphatic carbocycles. The topological polar surface area (TPSA) is 0 Å². The first kappa shape index (κ1) is 37.4. The Balaban J connectivity index is -0.00000181. The molecule has 0 aliphatic rings. The Morgan fingerprint density at radius 2 is 0.472 bits per heavy atom. The molecule has 0 amide bonds. The maximum atomic E-state index is 2.33.